The van der Waals surface area contributed by atoms with Crippen molar-refractivity contribution >= 4 is 0 Å². The molecule has 46 valence electrons. The minimum absolute atomic E-state index is 0.338. The Kier molecular flexibility index (Phi) is 1.64. The van der Waals surface area contributed by atoms with E-state index in [2.05, 4.69) is 10.6 Å². The maximum atomic E-state index is 8.36. The van der Waals surface area contributed by atoms with Crippen molar-refractivity contribution in [2.24, 2.45) is 0 Å². The van der Waals surface area contributed by atoms with Crippen molar-refractivity contribution < 1.29 is 0 Å². The molecular weight excluding hydrogens is 116 g/mol. The Balaban J connectivity index is 2.57. The molecule has 9 heavy (non-hydrogen) atoms. The smallest absolute Gasteiger partial charge is 0.125 e. The van der Waals surface area contributed by atoms with Crippen molar-refractivity contribution in [3.05, 3.63) is 0 Å². The van der Waals surface area contributed by atoms with Gasteiger partial charge in [-0.25, -0.2) is 0 Å². The molecule has 1 fully saturated rings. The van der Waals surface area contributed by atoms with Crippen molar-refractivity contribution in [3.8, 4) is 12.1 Å². The summed E-state index contributed by atoms with van der Waals surface area (Å²) in [4.78, 5) is 0. The summed E-state index contributed by atoms with van der Waals surface area (Å²) in [6, 6.07) is 3.26. The number of rotatable bonds is 0. The summed E-state index contributed by atoms with van der Waals surface area (Å²) >= 11 is 0. The second-order valence-electron chi connectivity index (χ2n) is 1.80. The van der Waals surface area contributed by atoms with Gasteiger partial charge in [-0.3, -0.25) is 10.6 Å². The highest BCUT2D eigenvalue weighted by Crippen LogP contribution is 1.95. The summed E-state index contributed by atoms with van der Waals surface area (Å²) < 4.78 is 0. The lowest BCUT2D eigenvalue weighted by Gasteiger charge is -1.99. The predicted molar refractivity (Wildman–Crippen MR) is 29.9 cm³/mol. The van der Waals surface area contributed by atoms with E-state index < -0.39 is 0 Å². The van der Waals surface area contributed by atoms with E-state index in [0.717, 1.165) is 0 Å². The second kappa shape index (κ2) is 2.45. The first-order chi connectivity index (χ1) is 4.38. The third-order valence-electron chi connectivity index (χ3n) is 1.26. The third-order valence-corrected chi connectivity index (χ3v) is 1.26. The van der Waals surface area contributed by atoms with Crippen LogP contribution in [0, 0.1) is 22.7 Å². The average Bonchev–Trinajstić information content (AvgIpc) is 2.33. The van der Waals surface area contributed by atoms with Crippen LogP contribution in [0.4, 0.5) is 0 Å². The zero-order valence-electron chi connectivity index (χ0n) is 4.76. The van der Waals surface area contributed by atoms with E-state index in [1.54, 1.807) is 0 Å². The predicted octanol–water partition coefficient (Wildman–Crippen LogP) is -1.08. The molecule has 0 aromatic heterocycles. The highest BCUT2D eigenvalue weighted by Gasteiger charge is 2.24. The summed E-state index contributed by atoms with van der Waals surface area (Å²) in [5.41, 5.74) is 0. The molecular formula is C5H6N4. The molecule has 0 aliphatic carbocycles. The quantitative estimate of drug-likeness (QED) is 0.428. The van der Waals surface area contributed by atoms with Gasteiger partial charge in [-0.15, -0.1) is 0 Å². The molecule has 0 bridgehead atoms. The van der Waals surface area contributed by atoms with Gasteiger partial charge in [0.25, 0.3) is 0 Å². The van der Waals surface area contributed by atoms with Gasteiger partial charge < -0.3 is 0 Å². The lowest BCUT2D eigenvalue weighted by molar-refractivity contribution is 0.703. The molecule has 0 spiro atoms. The molecule has 2 atom stereocenters. The molecule has 2 unspecified atom stereocenters. The van der Waals surface area contributed by atoms with Gasteiger partial charge in [0.15, 0.2) is 0 Å². The molecule has 0 saturated carbocycles. The van der Waals surface area contributed by atoms with Crippen molar-refractivity contribution in [2.75, 3.05) is 6.67 Å². The molecule has 0 radical (unpaired) electrons. The first-order valence-corrected chi connectivity index (χ1v) is 2.64. The number of nitrogens with one attached hydrogen (secondary N) is 2. The van der Waals surface area contributed by atoms with Crippen LogP contribution in [0.2, 0.25) is 0 Å². The van der Waals surface area contributed by atoms with Crippen LogP contribution in [-0.4, -0.2) is 18.8 Å². The van der Waals surface area contributed by atoms with Gasteiger partial charge in [-0.2, -0.15) is 10.5 Å². The topological polar surface area (TPSA) is 71.6 Å². The van der Waals surface area contributed by atoms with E-state index in [1.807, 2.05) is 12.1 Å². The molecule has 1 rings (SSSR count). The lowest BCUT2D eigenvalue weighted by Crippen LogP contribution is -2.30. The van der Waals surface area contributed by atoms with Crippen molar-refractivity contribution in [1.29, 1.82) is 10.5 Å². The van der Waals surface area contributed by atoms with Crippen LogP contribution in [0.1, 0.15) is 0 Å². The van der Waals surface area contributed by atoms with Crippen LogP contribution in [0.3, 0.4) is 0 Å². The summed E-state index contributed by atoms with van der Waals surface area (Å²) in [7, 11) is 0. The minimum Gasteiger partial charge on any atom is -0.287 e. The minimum atomic E-state index is -0.338. The normalized spacial score (nSPS) is 33.1. The van der Waals surface area contributed by atoms with Gasteiger partial charge in [0.1, 0.15) is 12.1 Å². The van der Waals surface area contributed by atoms with Gasteiger partial charge in [0.2, 0.25) is 0 Å². The zero-order chi connectivity index (χ0) is 6.69. The van der Waals surface area contributed by atoms with Gasteiger partial charge in [0, 0.05) is 6.67 Å². The third kappa shape index (κ3) is 0.996. The molecule has 0 aromatic rings. The van der Waals surface area contributed by atoms with Crippen molar-refractivity contribution in [1.82, 2.24) is 10.6 Å². The van der Waals surface area contributed by atoms with Gasteiger partial charge >= 0.3 is 0 Å². The van der Waals surface area contributed by atoms with E-state index in [4.69, 9.17) is 10.5 Å². The number of hydrogen-bond donors (Lipinski definition) is 2. The molecule has 4 nitrogen and oxygen atoms in total. The Morgan fingerprint density at radius 1 is 1.11 bits per heavy atom. The number of hydrogen-bond acceptors (Lipinski definition) is 4. The van der Waals surface area contributed by atoms with Crippen molar-refractivity contribution in [3.63, 3.8) is 0 Å². The molecule has 1 heterocycles. The lowest BCUT2D eigenvalue weighted by atomic mass is 10.2. The highest BCUT2D eigenvalue weighted by atomic mass is 15.2. The highest BCUT2D eigenvalue weighted by molar-refractivity contribution is 5.11. The molecule has 0 aromatic carbocycles. The fourth-order valence-electron chi connectivity index (χ4n) is 0.755. The summed E-state index contributed by atoms with van der Waals surface area (Å²) in [6.45, 7) is 0.552. The Morgan fingerprint density at radius 3 is 1.89 bits per heavy atom. The van der Waals surface area contributed by atoms with Crippen LogP contribution < -0.4 is 10.6 Å². The standard InChI is InChI=1S/C5H6N4/c6-1-4-5(2-7)9-3-8-4/h4-5,8-9H,3H2. The van der Waals surface area contributed by atoms with Gasteiger partial charge in [-0.05, 0) is 0 Å². The molecule has 1 saturated heterocycles. The maximum Gasteiger partial charge on any atom is 0.125 e. The second-order valence-corrected chi connectivity index (χ2v) is 1.80. The Morgan fingerprint density at radius 2 is 1.56 bits per heavy atom. The van der Waals surface area contributed by atoms with Gasteiger partial charge in [0.05, 0.1) is 12.1 Å². The molecule has 0 amide bonds. The fourth-order valence-corrected chi connectivity index (χ4v) is 0.755. The summed E-state index contributed by atoms with van der Waals surface area (Å²) in [5.74, 6) is 0. The van der Waals surface area contributed by atoms with Gasteiger partial charge in [-0.1, -0.05) is 0 Å². The number of nitrogens with zero attached hydrogens (tertiary/aromatic N) is 2. The van der Waals surface area contributed by atoms with Crippen molar-refractivity contribution in [2.45, 2.75) is 12.1 Å². The Bertz CT molecular complexity index is 154. The Labute approximate surface area is 53.1 Å². The van der Waals surface area contributed by atoms with Crippen LogP contribution in [0.25, 0.3) is 0 Å². The SMILES string of the molecule is N#CC1NCNC1C#N. The Hall–Kier alpha value is -1.10. The largest absolute Gasteiger partial charge is 0.287 e. The monoisotopic (exact) mass is 122 g/mol. The molecule has 1 aliphatic rings. The average molecular weight is 122 g/mol. The molecule has 1 aliphatic heterocycles. The summed E-state index contributed by atoms with van der Waals surface area (Å²) in [6.07, 6.45) is 0. The fraction of sp³-hybridized carbons (Fsp3) is 0.600. The van der Waals surface area contributed by atoms with Crippen LogP contribution in [0.5, 0.6) is 0 Å². The van der Waals surface area contributed by atoms with E-state index in [9.17, 15) is 0 Å². The van der Waals surface area contributed by atoms with Crippen LogP contribution >= 0.6 is 0 Å². The van der Waals surface area contributed by atoms with Crippen LogP contribution in [0.15, 0.2) is 0 Å². The van der Waals surface area contributed by atoms with Crippen LogP contribution in [-0.2, 0) is 0 Å². The van der Waals surface area contributed by atoms with E-state index in [-0.39, 0.29) is 12.1 Å². The van der Waals surface area contributed by atoms with E-state index in [0.29, 0.717) is 6.67 Å². The molecule has 2 N–H and O–H groups in total. The first kappa shape index (κ1) is 6.03. The molecule has 4 heteroatoms. The summed E-state index contributed by atoms with van der Waals surface area (Å²) in [5, 5.41) is 22.4. The maximum absolute atomic E-state index is 8.36. The first-order valence-electron chi connectivity index (χ1n) is 2.64. The number of nitriles is 2. The van der Waals surface area contributed by atoms with E-state index in [1.165, 1.54) is 0 Å². The van der Waals surface area contributed by atoms with E-state index >= 15 is 0 Å². The zero-order valence-corrected chi connectivity index (χ0v) is 4.76.